The maximum atomic E-state index is 12.6. The van der Waals surface area contributed by atoms with Crippen LogP contribution in [0.25, 0.3) is 0 Å². The zero-order valence-corrected chi connectivity index (χ0v) is 12.0. The summed E-state index contributed by atoms with van der Waals surface area (Å²) in [6, 6.07) is 0.283. The third-order valence-electron chi connectivity index (χ3n) is 5.76. The van der Waals surface area contributed by atoms with E-state index in [0.29, 0.717) is 5.92 Å². The van der Waals surface area contributed by atoms with Gasteiger partial charge in [0, 0.05) is 6.04 Å². The van der Waals surface area contributed by atoms with E-state index in [4.69, 9.17) is 0 Å². The highest BCUT2D eigenvalue weighted by Crippen LogP contribution is 2.49. The molecule has 0 aromatic heterocycles. The molecule has 0 aromatic rings. The average molecular weight is 279 g/mol. The van der Waals surface area contributed by atoms with Crippen molar-refractivity contribution < 1.29 is 14.7 Å². The molecule has 0 aromatic carbocycles. The van der Waals surface area contributed by atoms with Crippen LogP contribution in [0, 0.1) is 23.7 Å². The number of carboxylic acids is 1. The molecule has 4 aliphatic carbocycles. The molecule has 0 saturated heterocycles. The van der Waals surface area contributed by atoms with Gasteiger partial charge >= 0.3 is 5.97 Å². The maximum Gasteiger partial charge on any atom is 0.307 e. The van der Waals surface area contributed by atoms with Crippen molar-refractivity contribution in [3.8, 4) is 0 Å². The fourth-order valence-corrected chi connectivity index (χ4v) is 4.73. The number of fused-ring (bicyclic) bond motifs is 3. The number of amides is 1. The molecule has 4 aliphatic rings. The number of carbonyl (C=O) groups is 2. The normalized spacial score (nSPS) is 37.6. The molecule has 0 unspecified atom stereocenters. The highest BCUT2D eigenvalue weighted by Gasteiger charge is 2.50. The van der Waals surface area contributed by atoms with Gasteiger partial charge in [0.15, 0.2) is 0 Å². The molecule has 0 aliphatic heterocycles. The summed E-state index contributed by atoms with van der Waals surface area (Å²) in [6.45, 7) is 0. The molecule has 0 radical (unpaired) electrons. The van der Waals surface area contributed by atoms with Gasteiger partial charge in [-0.05, 0) is 50.4 Å². The molecule has 4 fully saturated rings. The number of nitrogens with one attached hydrogen (secondary N) is 1. The zero-order chi connectivity index (χ0) is 14.1. The Morgan fingerprint density at radius 3 is 1.90 bits per heavy atom. The average Bonchev–Trinajstić information content (AvgIpc) is 2.48. The van der Waals surface area contributed by atoms with Gasteiger partial charge in [0.1, 0.15) is 0 Å². The summed E-state index contributed by atoms with van der Waals surface area (Å²) >= 11 is 0. The Kier molecular flexibility index (Phi) is 3.99. The van der Waals surface area contributed by atoms with E-state index >= 15 is 0 Å². The smallest absolute Gasteiger partial charge is 0.307 e. The lowest BCUT2D eigenvalue weighted by Gasteiger charge is -2.46. The Labute approximate surface area is 120 Å². The van der Waals surface area contributed by atoms with Crippen LogP contribution in [-0.4, -0.2) is 23.0 Å². The molecule has 0 heterocycles. The summed E-state index contributed by atoms with van der Waals surface area (Å²) in [7, 11) is 0. The van der Waals surface area contributed by atoms with Crippen LogP contribution in [0.4, 0.5) is 0 Å². The van der Waals surface area contributed by atoms with Gasteiger partial charge in [-0.25, -0.2) is 0 Å². The molecule has 2 N–H and O–H groups in total. The lowest BCUT2D eigenvalue weighted by Crippen LogP contribution is -2.52. The van der Waals surface area contributed by atoms with Gasteiger partial charge in [-0.15, -0.1) is 0 Å². The van der Waals surface area contributed by atoms with Crippen molar-refractivity contribution in [2.45, 2.75) is 63.8 Å². The molecule has 0 spiro atoms. The van der Waals surface area contributed by atoms with Crippen LogP contribution in [0.1, 0.15) is 57.8 Å². The Morgan fingerprint density at radius 2 is 1.35 bits per heavy atom. The second-order valence-corrected chi connectivity index (χ2v) is 6.91. The van der Waals surface area contributed by atoms with Crippen LogP contribution in [0.5, 0.6) is 0 Å². The van der Waals surface area contributed by atoms with Crippen LogP contribution < -0.4 is 5.32 Å². The Morgan fingerprint density at radius 1 is 0.800 bits per heavy atom. The molecule has 20 heavy (non-hydrogen) atoms. The second kappa shape index (κ2) is 5.74. The van der Waals surface area contributed by atoms with Crippen molar-refractivity contribution in [3.05, 3.63) is 0 Å². The lowest BCUT2D eigenvalue weighted by molar-refractivity contribution is -0.158. The zero-order valence-electron chi connectivity index (χ0n) is 12.0. The minimum absolute atomic E-state index is 0.0266. The molecule has 2 bridgehead atoms. The van der Waals surface area contributed by atoms with Gasteiger partial charge in [0.25, 0.3) is 0 Å². The molecule has 1 amide bonds. The Balaban J connectivity index is 1.69. The van der Waals surface area contributed by atoms with Crippen molar-refractivity contribution in [1.82, 2.24) is 5.32 Å². The summed E-state index contributed by atoms with van der Waals surface area (Å²) in [5.41, 5.74) is 0. The minimum atomic E-state index is -0.761. The van der Waals surface area contributed by atoms with Crippen LogP contribution in [0.3, 0.4) is 0 Å². The first-order chi connectivity index (χ1) is 9.66. The topological polar surface area (TPSA) is 66.4 Å². The highest BCUT2D eigenvalue weighted by molar-refractivity contribution is 5.85. The molecule has 4 rings (SSSR count). The van der Waals surface area contributed by atoms with Crippen LogP contribution in [0.2, 0.25) is 0 Å². The first-order valence-electron chi connectivity index (χ1n) is 8.20. The summed E-state index contributed by atoms with van der Waals surface area (Å²) < 4.78 is 0. The third kappa shape index (κ3) is 2.57. The number of carboxylic acid groups (broad SMARTS) is 1. The second-order valence-electron chi connectivity index (χ2n) is 6.91. The lowest BCUT2D eigenvalue weighted by atomic mass is 9.58. The van der Waals surface area contributed by atoms with Gasteiger partial charge in [-0.2, -0.15) is 0 Å². The number of rotatable bonds is 3. The van der Waals surface area contributed by atoms with Gasteiger partial charge in [-0.3, -0.25) is 9.59 Å². The van der Waals surface area contributed by atoms with Gasteiger partial charge in [0.05, 0.1) is 11.8 Å². The van der Waals surface area contributed by atoms with Gasteiger partial charge in [-0.1, -0.05) is 19.3 Å². The fraction of sp³-hybridized carbons (Fsp3) is 0.875. The number of hydrogen-bond donors (Lipinski definition) is 2. The standard InChI is InChI=1S/C16H25NO3/c18-15(17-12-4-2-1-3-5-12)13-10-6-8-11(9-7-10)14(13)16(19)20/h10-14H,1-9H2,(H,17,18)(H,19,20)/t10?,11?,13-,14-/m1/s1. The summed E-state index contributed by atoms with van der Waals surface area (Å²) in [5.74, 6) is -0.931. The summed E-state index contributed by atoms with van der Waals surface area (Å²) in [6.07, 6.45) is 9.82. The van der Waals surface area contributed by atoms with E-state index in [1.807, 2.05) is 0 Å². The number of hydrogen-bond acceptors (Lipinski definition) is 2. The van der Waals surface area contributed by atoms with Crippen molar-refractivity contribution in [2.75, 3.05) is 0 Å². The quantitative estimate of drug-likeness (QED) is 0.834. The monoisotopic (exact) mass is 279 g/mol. The Bertz CT molecular complexity index is 381. The largest absolute Gasteiger partial charge is 0.481 e. The number of aliphatic carboxylic acids is 1. The van der Waals surface area contributed by atoms with E-state index in [-0.39, 0.29) is 23.8 Å². The van der Waals surface area contributed by atoms with Crippen molar-refractivity contribution >= 4 is 11.9 Å². The van der Waals surface area contributed by atoms with Crippen molar-refractivity contribution in [3.63, 3.8) is 0 Å². The van der Waals surface area contributed by atoms with E-state index in [2.05, 4.69) is 5.32 Å². The van der Waals surface area contributed by atoms with Gasteiger partial charge < -0.3 is 10.4 Å². The molecule has 112 valence electrons. The molecule has 4 nitrogen and oxygen atoms in total. The van der Waals surface area contributed by atoms with E-state index < -0.39 is 11.9 Å². The van der Waals surface area contributed by atoms with Crippen molar-refractivity contribution in [1.29, 1.82) is 0 Å². The maximum absolute atomic E-state index is 12.6. The summed E-state index contributed by atoms with van der Waals surface area (Å²) in [5, 5.41) is 12.7. The van der Waals surface area contributed by atoms with Gasteiger partial charge in [0.2, 0.25) is 5.91 Å². The van der Waals surface area contributed by atoms with E-state index in [1.54, 1.807) is 0 Å². The minimum Gasteiger partial charge on any atom is -0.481 e. The molecular weight excluding hydrogens is 254 g/mol. The molecule has 2 atom stereocenters. The summed E-state index contributed by atoms with van der Waals surface area (Å²) in [4.78, 5) is 24.2. The molecule has 4 heteroatoms. The third-order valence-corrected chi connectivity index (χ3v) is 5.76. The van der Waals surface area contributed by atoms with Crippen LogP contribution in [-0.2, 0) is 9.59 Å². The van der Waals surface area contributed by atoms with E-state index in [9.17, 15) is 14.7 Å². The Hall–Kier alpha value is -1.06. The van der Waals surface area contributed by atoms with Crippen LogP contribution >= 0.6 is 0 Å². The van der Waals surface area contributed by atoms with E-state index in [1.165, 1.54) is 19.3 Å². The highest BCUT2D eigenvalue weighted by atomic mass is 16.4. The predicted octanol–water partition coefficient (Wildman–Crippen LogP) is 2.57. The fourth-order valence-electron chi connectivity index (χ4n) is 4.73. The van der Waals surface area contributed by atoms with Crippen molar-refractivity contribution in [2.24, 2.45) is 23.7 Å². The first kappa shape index (κ1) is 13.9. The predicted molar refractivity (Wildman–Crippen MR) is 75.1 cm³/mol. The molecule has 4 saturated carbocycles. The first-order valence-corrected chi connectivity index (χ1v) is 8.20. The van der Waals surface area contributed by atoms with Crippen LogP contribution in [0.15, 0.2) is 0 Å². The number of carbonyl (C=O) groups excluding carboxylic acids is 1. The van der Waals surface area contributed by atoms with E-state index in [0.717, 1.165) is 38.5 Å². The molecular formula is C16H25NO3. The SMILES string of the molecule is O=C(O)[C@@H]1C2CCC(CC2)[C@H]1C(=O)NC1CCCCC1.